The number of hydrogen-bond acceptors (Lipinski definition) is 4. The molecule has 1 unspecified atom stereocenters. The Morgan fingerprint density at radius 2 is 2.38 bits per heavy atom. The summed E-state index contributed by atoms with van der Waals surface area (Å²) in [6.45, 7) is 1.15. The van der Waals surface area contributed by atoms with Crippen LogP contribution in [0.25, 0.3) is 0 Å². The summed E-state index contributed by atoms with van der Waals surface area (Å²) in [5.41, 5.74) is 5.69. The smallest absolute Gasteiger partial charge is 0.415 e. The Morgan fingerprint density at radius 1 is 1.56 bits per heavy atom. The van der Waals surface area contributed by atoms with Gasteiger partial charge in [-0.15, -0.1) is 0 Å². The van der Waals surface area contributed by atoms with Crippen molar-refractivity contribution in [1.29, 1.82) is 0 Å². The Labute approximate surface area is 93.4 Å². The fourth-order valence-electron chi connectivity index (χ4n) is 1.67. The van der Waals surface area contributed by atoms with Crippen molar-refractivity contribution in [1.82, 2.24) is 4.90 Å². The summed E-state index contributed by atoms with van der Waals surface area (Å²) in [7, 11) is 0. The van der Waals surface area contributed by atoms with Crippen molar-refractivity contribution >= 4 is 6.09 Å². The molecule has 0 bridgehead atoms. The minimum absolute atomic E-state index is 0.0386. The maximum Gasteiger partial charge on any atom is 0.415 e. The number of benzene rings is 1. The number of carbonyl (C=O) groups excluding carboxylic acids is 1. The minimum Gasteiger partial charge on any atom is -0.508 e. The van der Waals surface area contributed by atoms with Crippen LogP contribution in [0.3, 0.4) is 0 Å². The second kappa shape index (κ2) is 4.40. The molecule has 1 aromatic rings. The molecule has 0 aromatic heterocycles. The van der Waals surface area contributed by atoms with E-state index in [0.29, 0.717) is 18.8 Å². The normalized spacial score (nSPS) is 19.8. The van der Waals surface area contributed by atoms with Gasteiger partial charge in [-0.2, -0.15) is 0 Å². The topological polar surface area (TPSA) is 75.8 Å². The van der Waals surface area contributed by atoms with Crippen LogP contribution in [-0.2, 0) is 0 Å². The number of nitrogens with two attached hydrogens (primary N) is 1. The summed E-state index contributed by atoms with van der Waals surface area (Å²) in [6.07, 6.45) is 0.383. The van der Waals surface area contributed by atoms with Gasteiger partial charge in [0.25, 0.3) is 0 Å². The van der Waals surface area contributed by atoms with E-state index in [1.807, 2.05) is 0 Å². The third-order valence-electron chi connectivity index (χ3n) is 2.51. The van der Waals surface area contributed by atoms with Crippen LogP contribution in [0.4, 0.5) is 4.79 Å². The van der Waals surface area contributed by atoms with Crippen molar-refractivity contribution in [2.24, 2.45) is 5.73 Å². The second-order valence-corrected chi connectivity index (χ2v) is 3.86. The second-order valence-electron chi connectivity index (χ2n) is 3.86. The summed E-state index contributed by atoms with van der Waals surface area (Å²) in [4.78, 5) is 13.2. The Bertz CT molecular complexity index is 395. The molecule has 86 valence electrons. The first-order valence-corrected chi connectivity index (χ1v) is 5.16. The van der Waals surface area contributed by atoms with E-state index in [0.717, 1.165) is 6.42 Å². The van der Waals surface area contributed by atoms with E-state index in [-0.39, 0.29) is 11.8 Å². The van der Waals surface area contributed by atoms with E-state index in [1.165, 1.54) is 12.1 Å². The first kappa shape index (κ1) is 10.8. The highest BCUT2D eigenvalue weighted by Gasteiger charge is 2.24. The van der Waals surface area contributed by atoms with Crippen molar-refractivity contribution in [2.45, 2.75) is 12.5 Å². The number of likely N-dealkylation sites (tertiary alicyclic amines) is 1. The predicted octanol–water partition coefficient (Wildman–Crippen LogP) is 0.924. The van der Waals surface area contributed by atoms with Crippen LogP contribution in [0.1, 0.15) is 6.42 Å². The highest BCUT2D eigenvalue weighted by molar-refractivity contribution is 5.71. The number of phenolic OH excluding ortho intramolecular Hbond substituents is 1. The average Bonchev–Trinajstić information content (AvgIpc) is 2.65. The lowest BCUT2D eigenvalue weighted by Crippen LogP contribution is -2.33. The van der Waals surface area contributed by atoms with Gasteiger partial charge in [0.05, 0.1) is 0 Å². The van der Waals surface area contributed by atoms with Crippen molar-refractivity contribution < 1.29 is 14.6 Å². The largest absolute Gasteiger partial charge is 0.508 e. The highest BCUT2D eigenvalue weighted by atomic mass is 16.6. The average molecular weight is 222 g/mol. The molecule has 1 saturated heterocycles. The lowest BCUT2D eigenvalue weighted by molar-refractivity contribution is 0.162. The van der Waals surface area contributed by atoms with Gasteiger partial charge in [-0.25, -0.2) is 4.79 Å². The van der Waals surface area contributed by atoms with Crippen molar-refractivity contribution in [3.63, 3.8) is 0 Å². The van der Waals surface area contributed by atoms with E-state index in [2.05, 4.69) is 0 Å². The lowest BCUT2D eigenvalue weighted by atomic mass is 10.3. The summed E-state index contributed by atoms with van der Waals surface area (Å²) < 4.78 is 5.10. The highest BCUT2D eigenvalue weighted by Crippen LogP contribution is 2.19. The lowest BCUT2D eigenvalue weighted by Gasteiger charge is -2.15. The zero-order chi connectivity index (χ0) is 11.5. The number of rotatable bonds is 1. The maximum absolute atomic E-state index is 11.6. The van der Waals surface area contributed by atoms with E-state index >= 15 is 0 Å². The third-order valence-corrected chi connectivity index (χ3v) is 2.51. The molecule has 1 aliphatic rings. The van der Waals surface area contributed by atoms with E-state index in [1.54, 1.807) is 17.0 Å². The van der Waals surface area contributed by atoms with Crippen LogP contribution in [0.15, 0.2) is 24.3 Å². The van der Waals surface area contributed by atoms with Crippen molar-refractivity contribution in [2.75, 3.05) is 13.1 Å². The van der Waals surface area contributed by atoms with Crippen LogP contribution in [0.2, 0.25) is 0 Å². The minimum atomic E-state index is -0.418. The monoisotopic (exact) mass is 222 g/mol. The molecule has 1 atom stereocenters. The number of aromatic hydroxyl groups is 1. The molecule has 3 N–H and O–H groups in total. The molecule has 0 saturated carbocycles. The number of nitrogens with zero attached hydrogens (tertiary/aromatic N) is 1. The predicted molar refractivity (Wildman–Crippen MR) is 58.3 cm³/mol. The first-order valence-electron chi connectivity index (χ1n) is 5.16. The van der Waals surface area contributed by atoms with Gasteiger partial charge in [-0.3, -0.25) is 0 Å². The number of amides is 1. The van der Waals surface area contributed by atoms with Gasteiger partial charge in [-0.1, -0.05) is 6.07 Å². The van der Waals surface area contributed by atoms with E-state index in [9.17, 15) is 9.90 Å². The summed E-state index contributed by atoms with van der Waals surface area (Å²) >= 11 is 0. The third kappa shape index (κ3) is 2.43. The quantitative estimate of drug-likeness (QED) is 0.741. The number of ether oxygens (including phenoxy) is 1. The molecule has 0 radical (unpaired) electrons. The zero-order valence-corrected chi connectivity index (χ0v) is 8.80. The summed E-state index contributed by atoms with van der Waals surface area (Å²) in [6, 6.07) is 6.19. The number of carbonyl (C=O) groups is 1. The van der Waals surface area contributed by atoms with Gasteiger partial charge >= 0.3 is 6.09 Å². The molecule has 2 rings (SSSR count). The SMILES string of the molecule is NC1CCN(C(=O)Oc2cccc(O)c2)C1. The summed E-state index contributed by atoms with van der Waals surface area (Å²) in [5, 5.41) is 9.21. The number of phenols is 1. The molecule has 1 fully saturated rings. The van der Waals surface area contributed by atoms with Gasteiger partial charge in [0.1, 0.15) is 11.5 Å². The van der Waals surface area contributed by atoms with Gasteiger partial charge < -0.3 is 20.5 Å². The van der Waals surface area contributed by atoms with Crippen LogP contribution in [0, 0.1) is 0 Å². The van der Waals surface area contributed by atoms with Gasteiger partial charge in [0.15, 0.2) is 0 Å². The Kier molecular flexibility index (Phi) is 2.96. The Morgan fingerprint density at radius 3 is 3.00 bits per heavy atom. The molecule has 16 heavy (non-hydrogen) atoms. The molecule has 5 nitrogen and oxygen atoms in total. The van der Waals surface area contributed by atoms with Crippen LogP contribution in [-0.4, -0.2) is 35.2 Å². The fraction of sp³-hybridized carbons (Fsp3) is 0.364. The van der Waals surface area contributed by atoms with Gasteiger partial charge in [-0.05, 0) is 18.6 Å². The van der Waals surface area contributed by atoms with Crippen LogP contribution >= 0.6 is 0 Å². The molecular formula is C11H14N2O3. The van der Waals surface area contributed by atoms with E-state index < -0.39 is 6.09 Å². The van der Waals surface area contributed by atoms with Crippen LogP contribution < -0.4 is 10.5 Å². The summed E-state index contributed by atoms with van der Waals surface area (Å²) in [5.74, 6) is 0.411. The van der Waals surface area contributed by atoms with Gasteiger partial charge in [0.2, 0.25) is 0 Å². The number of hydrogen-bond donors (Lipinski definition) is 2. The Hall–Kier alpha value is -1.75. The molecule has 5 heteroatoms. The van der Waals surface area contributed by atoms with Crippen molar-refractivity contribution in [3.05, 3.63) is 24.3 Å². The fourth-order valence-corrected chi connectivity index (χ4v) is 1.67. The molecule has 0 spiro atoms. The van der Waals surface area contributed by atoms with E-state index in [4.69, 9.17) is 10.5 Å². The molecule has 1 aliphatic heterocycles. The molecular weight excluding hydrogens is 208 g/mol. The first-order chi connectivity index (χ1) is 7.65. The molecule has 1 amide bonds. The molecule has 1 heterocycles. The molecule has 0 aliphatic carbocycles. The Balaban J connectivity index is 1.97. The molecule has 1 aromatic carbocycles. The van der Waals surface area contributed by atoms with Crippen LogP contribution in [0.5, 0.6) is 11.5 Å². The standard InChI is InChI=1S/C11H14N2O3/c12-8-4-5-13(7-8)11(15)16-10-3-1-2-9(14)6-10/h1-3,6,8,14H,4-5,7,12H2. The zero-order valence-electron chi connectivity index (χ0n) is 8.80. The maximum atomic E-state index is 11.6. The van der Waals surface area contributed by atoms with Gasteiger partial charge in [0, 0.05) is 25.2 Å². The van der Waals surface area contributed by atoms with Crippen molar-refractivity contribution in [3.8, 4) is 11.5 Å².